The molecule has 0 amide bonds. The van der Waals surface area contributed by atoms with Crippen LogP contribution in [0.1, 0.15) is 25.5 Å². The van der Waals surface area contributed by atoms with Crippen LogP contribution in [-0.4, -0.2) is 11.7 Å². The van der Waals surface area contributed by atoms with E-state index >= 15 is 0 Å². The third kappa shape index (κ3) is 3.42. The highest BCUT2D eigenvalue weighted by atomic mass is 19.1. The summed E-state index contributed by atoms with van der Waals surface area (Å²) in [5, 5.41) is 3.20. The van der Waals surface area contributed by atoms with Crippen LogP contribution < -0.4 is 15.6 Å². The van der Waals surface area contributed by atoms with E-state index in [1.165, 1.54) is 19.2 Å². The summed E-state index contributed by atoms with van der Waals surface area (Å²) in [7, 11) is 1.50. The van der Waals surface area contributed by atoms with E-state index in [0.717, 1.165) is 5.69 Å². The molecule has 2 aromatic rings. The average Bonchev–Trinajstić information content (AvgIpc) is 2.48. The predicted molar refractivity (Wildman–Crippen MR) is 81.4 cm³/mol. The number of hydrogen-bond donors (Lipinski definition) is 1. The summed E-state index contributed by atoms with van der Waals surface area (Å²) in [6.07, 6.45) is 1.74. The third-order valence-corrected chi connectivity index (χ3v) is 3.38. The minimum absolute atomic E-state index is 0.0497. The van der Waals surface area contributed by atoms with Crippen LogP contribution in [0.25, 0.3) is 0 Å². The number of halogens is 1. The van der Waals surface area contributed by atoms with E-state index in [9.17, 15) is 9.18 Å². The summed E-state index contributed by atoms with van der Waals surface area (Å²) in [5.41, 5.74) is 1.27. The van der Waals surface area contributed by atoms with Gasteiger partial charge in [-0.1, -0.05) is 6.07 Å². The van der Waals surface area contributed by atoms with Crippen molar-refractivity contribution in [2.75, 3.05) is 12.4 Å². The Balaban J connectivity index is 2.21. The maximum Gasteiger partial charge on any atom is 0.250 e. The van der Waals surface area contributed by atoms with E-state index < -0.39 is 0 Å². The Morgan fingerprint density at radius 2 is 2.10 bits per heavy atom. The molecule has 0 saturated heterocycles. The minimum Gasteiger partial charge on any atom is -0.497 e. The molecule has 0 aliphatic rings. The van der Waals surface area contributed by atoms with Gasteiger partial charge in [-0.05, 0) is 26.0 Å². The van der Waals surface area contributed by atoms with E-state index in [1.807, 2.05) is 13.8 Å². The van der Waals surface area contributed by atoms with Crippen LogP contribution in [0, 0.1) is 5.82 Å². The van der Waals surface area contributed by atoms with Crippen LogP contribution >= 0.6 is 0 Å². The lowest BCUT2D eigenvalue weighted by Gasteiger charge is -2.17. The summed E-state index contributed by atoms with van der Waals surface area (Å²) in [6, 6.07) is 7.76. The summed E-state index contributed by atoms with van der Waals surface area (Å²) in [5.74, 6) is 0.168. The second-order valence-electron chi connectivity index (χ2n) is 4.80. The largest absolute Gasteiger partial charge is 0.497 e. The van der Waals surface area contributed by atoms with Gasteiger partial charge in [-0.15, -0.1) is 0 Å². The standard InChI is InChI=1S/C16H19FN2O2/c1-4-19-10-12(5-8-16(19)20)18-11(2)14-7-6-13(21-3)9-15(14)17/h5-11,18H,4H2,1-3H3. The van der Waals surface area contributed by atoms with Gasteiger partial charge in [0.05, 0.1) is 18.8 Å². The quantitative estimate of drug-likeness (QED) is 0.919. The Labute approximate surface area is 123 Å². The summed E-state index contributed by atoms with van der Waals surface area (Å²) in [6.45, 7) is 4.36. The molecule has 1 aromatic heterocycles. The van der Waals surface area contributed by atoms with Gasteiger partial charge in [0.25, 0.3) is 5.56 Å². The third-order valence-electron chi connectivity index (χ3n) is 3.38. The molecule has 1 N–H and O–H groups in total. The molecule has 0 fully saturated rings. The molecule has 21 heavy (non-hydrogen) atoms. The first-order valence-electron chi connectivity index (χ1n) is 6.85. The van der Waals surface area contributed by atoms with Gasteiger partial charge < -0.3 is 14.6 Å². The molecule has 0 spiro atoms. The zero-order valence-corrected chi connectivity index (χ0v) is 12.4. The van der Waals surface area contributed by atoms with E-state index in [2.05, 4.69) is 5.32 Å². The Morgan fingerprint density at radius 1 is 1.33 bits per heavy atom. The van der Waals surface area contributed by atoms with Crippen LogP contribution in [0.2, 0.25) is 0 Å². The normalized spacial score (nSPS) is 12.0. The summed E-state index contributed by atoms with van der Waals surface area (Å²) < 4.78 is 20.6. The molecule has 2 rings (SSSR count). The molecule has 5 heteroatoms. The topological polar surface area (TPSA) is 43.3 Å². The molecular formula is C16H19FN2O2. The first kappa shape index (κ1) is 15.1. The summed E-state index contributed by atoms with van der Waals surface area (Å²) in [4.78, 5) is 11.5. The number of nitrogens with one attached hydrogen (secondary N) is 1. The number of benzene rings is 1. The molecule has 0 bridgehead atoms. The fraction of sp³-hybridized carbons (Fsp3) is 0.312. The highest BCUT2D eigenvalue weighted by Gasteiger charge is 2.12. The average molecular weight is 290 g/mol. The SMILES string of the molecule is CCn1cc(NC(C)c2ccc(OC)cc2F)ccc1=O. The van der Waals surface area contributed by atoms with E-state index in [1.54, 1.807) is 29.0 Å². The lowest BCUT2D eigenvalue weighted by molar-refractivity contribution is 0.410. The molecule has 1 heterocycles. The Kier molecular flexibility index (Phi) is 4.62. The number of anilines is 1. The molecule has 0 radical (unpaired) electrons. The molecule has 1 unspecified atom stereocenters. The maximum absolute atomic E-state index is 14.0. The fourth-order valence-corrected chi connectivity index (χ4v) is 2.18. The van der Waals surface area contributed by atoms with Gasteiger partial charge in [-0.3, -0.25) is 4.79 Å². The monoisotopic (exact) mass is 290 g/mol. The number of aromatic nitrogens is 1. The minimum atomic E-state index is -0.321. The van der Waals surface area contributed by atoms with Gasteiger partial charge in [0.15, 0.2) is 0 Å². The lowest BCUT2D eigenvalue weighted by atomic mass is 10.1. The molecule has 0 aliphatic carbocycles. The van der Waals surface area contributed by atoms with E-state index in [-0.39, 0.29) is 17.4 Å². The van der Waals surface area contributed by atoms with Crippen molar-refractivity contribution in [1.82, 2.24) is 4.57 Å². The van der Waals surface area contributed by atoms with Crippen molar-refractivity contribution in [1.29, 1.82) is 0 Å². The van der Waals surface area contributed by atoms with Crippen LogP contribution in [0.15, 0.2) is 41.3 Å². The van der Waals surface area contributed by atoms with Crippen molar-refractivity contribution >= 4 is 5.69 Å². The van der Waals surface area contributed by atoms with Crippen LogP contribution in [0.4, 0.5) is 10.1 Å². The molecule has 0 aliphatic heterocycles. The first-order valence-corrected chi connectivity index (χ1v) is 6.85. The van der Waals surface area contributed by atoms with Gasteiger partial charge >= 0.3 is 0 Å². The number of nitrogens with zero attached hydrogens (tertiary/aromatic N) is 1. The number of hydrogen-bond acceptors (Lipinski definition) is 3. The number of rotatable bonds is 5. The van der Waals surface area contributed by atoms with Gasteiger partial charge in [-0.2, -0.15) is 0 Å². The number of methoxy groups -OCH3 is 1. The van der Waals surface area contributed by atoms with Crippen LogP contribution in [-0.2, 0) is 6.54 Å². The van der Waals surface area contributed by atoms with Crippen LogP contribution in [0.3, 0.4) is 0 Å². The highest BCUT2D eigenvalue weighted by molar-refractivity contribution is 5.44. The predicted octanol–water partition coefficient (Wildman–Crippen LogP) is 3.19. The van der Waals surface area contributed by atoms with E-state index in [4.69, 9.17) is 4.74 Å². The van der Waals surface area contributed by atoms with E-state index in [0.29, 0.717) is 17.9 Å². The number of aryl methyl sites for hydroxylation is 1. The Bertz CT molecular complexity index is 682. The molecule has 1 atom stereocenters. The number of ether oxygens (including phenoxy) is 1. The van der Waals surface area contributed by atoms with Gasteiger partial charge in [0, 0.05) is 30.4 Å². The lowest BCUT2D eigenvalue weighted by Crippen LogP contribution is -2.18. The molecule has 0 saturated carbocycles. The maximum atomic E-state index is 14.0. The molecule has 1 aromatic carbocycles. The second kappa shape index (κ2) is 6.43. The fourth-order valence-electron chi connectivity index (χ4n) is 2.18. The van der Waals surface area contributed by atoms with Crippen molar-refractivity contribution in [2.24, 2.45) is 0 Å². The zero-order chi connectivity index (χ0) is 15.4. The Morgan fingerprint density at radius 3 is 2.71 bits per heavy atom. The number of pyridine rings is 1. The summed E-state index contributed by atoms with van der Waals surface area (Å²) >= 11 is 0. The van der Waals surface area contributed by atoms with Gasteiger partial charge in [0.2, 0.25) is 0 Å². The zero-order valence-electron chi connectivity index (χ0n) is 12.4. The first-order chi connectivity index (χ1) is 10.0. The van der Waals surface area contributed by atoms with Crippen molar-refractivity contribution in [3.8, 4) is 5.75 Å². The van der Waals surface area contributed by atoms with Crippen molar-refractivity contribution in [3.05, 3.63) is 58.3 Å². The highest BCUT2D eigenvalue weighted by Crippen LogP contribution is 2.24. The van der Waals surface area contributed by atoms with Crippen LogP contribution in [0.5, 0.6) is 5.75 Å². The van der Waals surface area contributed by atoms with Crippen molar-refractivity contribution in [3.63, 3.8) is 0 Å². The smallest absolute Gasteiger partial charge is 0.250 e. The van der Waals surface area contributed by atoms with Crippen molar-refractivity contribution in [2.45, 2.75) is 26.4 Å². The molecular weight excluding hydrogens is 271 g/mol. The van der Waals surface area contributed by atoms with Gasteiger partial charge in [0.1, 0.15) is 11.6 Å². The van der Waals surface area contributed by atoms with Crippen molar-refractivity contribution < 1.29 is 9.13 Å². The molecule has 112 valence electrons. The Hall–Kier alpha value is -2.30. The second-order valence-corrected chi connectivity index (χ2v) is 4.80. The molecule has 4 nitrogen and oxygen atoms in total. The van der Waals surface area contributed by atoms with Gasteiger partial charge in [-0.25, -0.2) is 4.39 Å².